The van der Waals surface area contributed by atoms with Crippen LogP contribution in [0.15, 0.2) is 24.4 Å². The molecule has 0 aliphatic heterocycles. The van der Waals surface area contributed by atoms with Gasteiger partial charge in [-0.2, -0.15) is 5.10 Å². The molecule has 5 heteroatoms. The second-order valence-electron chi connectivity index (χ2n) is 3.30. The first-order valence-electron chi connectivity index (χ1n) is 4.59. The van der Waals surface area contributed by atoms with Crippen LogP contribution in [0.1, 0.15) is 16.1 Å². The first kappa shape index (κ1) is 11.2. The average Bonchev–Trinajstić information content (AvgIpc) is 2.59. The normalized spacial score (nSPS) is 10.4. The molecule has 2 aromatic rings. The minimum absolute atomic E-state index is 0.400. The molecule has 0 saturated carbocycles. The molecule has 1 aromatic carbocycles. The summed E-state index contributed by atoms with van der Waals surface area (Å²) in [7, 11) is 0. The summed E-state index contributed by atoms with van der Waals surface area (Å²) in [6.45, 7) is 1.80. The Morgan fingerprint density at radius 2 is 2.06 bits per heavy atom. The number of aldehydes is 1. The third-order valence-corrected chi connectivity index (χ3v) is 2.93. The van der Waals surface area contributed by atoms with Gasteiger partial charge in [-0.25, -0.2) is 4.68 Å². The molecule has 2 rings (SSSR count). The predicted octanol–water partition coefficient (Wildman–Crippen LogP) is 3.30. The molecule has 0 bridgehead atoms. The number of carbonyl (C=O) groups is 1. The van der Waals surface area contributed by atoms with Gasteiger partial charge >= 0.3 is 0 Å². The van der Waals surface area contributed by atoms with Crippen LogP contribution in [0.4, 0.5) is 0 Å². The Balaban J connectivity index is 2.64. The summed E-state index contributed by atoms with van der Waals surface area (Å²) in [6, 6.07) is 5.18. The first-order chi connectivity index (χ1) is 7.63. The van der Waals surface area contributed by atoms with E-state index >= 15 is 0 Å². The molecule has 0 amide bonds. The summed E-state index contributed by atoms with van der Waals surface area (Å²) >= 11 is 11.8. The summed E-state index contributed by atoms with van der Waals surface area (Å²) in [4.78, 5) is 11.0. The van der Waals surface area contributed by atoms with Crippen LogP contribution in [0.5, 0.6) is 0 Å². The van der Waals surface area contributed by atoms with E-state index in [1.54, 1.807) is 36.0 Å². The van der Waals surface area contributed by atoms with Gasteiger partial charge in [-0.1, -0.05) is 29.3 Å². The van der Waals surface area contributed by atoms with Crippen molar-refractivity contribution in [2.75, 3.05) is 0 Å². The van der Waals surface area contributed by atoms with Crippen molar-refractivity contribution in [2.24, 2.45) is 0 Å². The van der Waals surface area contributed by atoms with E-state index in [9.17, 15) is 4.79 Å². The second kappa shape index (κ2) is 4.28. The standard InChI is InChI=1S/C11H8Cl2N2O/c1-7-10(13)5-15(14-7)11-4-2-3-9(12)8(11)6-16/h2-6H,1H3. The van der Waals surface area contributed by atoms with Gasteiger partial charge in [0.2, 0.25) is 0 Å². The molecule has 0 N–H and O–H groups in total. The molecule has 16 heavy (non-hydrogen) atoms. The van der Waals surface area contributed by atoms with Crippen molar-refractivity contribution in [1.29, 1.82) is 0 Å². The maximum absolute atomic E-state index is 11.0. The zero-order valence-corrected chi connectivity index (χ0v) is 9.96. The summed E-state index contributed by atoms with van der Waals surface area (Å²) in [6.07, 6.45) is 2.36. The fourth-order valence-electron chi connectivity index (χ4n) is 1.40. The van der Waals surface area contributed by atoms with Crippen molar-refractivity contribution in [2.45, 2.75) is 6.92 Å². The van der Waals surface area contributed by atoms with Crippen LogP contribution >= 0.6 is 23.2 Å². The van der Waals surface area contributed by atoms with E-state index in [0.29, 0.717) is 33.3 Å². The van der Waals surface area contributed by atoms with E-state index in [4.69, 9.17) is 23.2 Å². The number of rotatable bonds is 2. The third-order valence-electron chi connectivity index (χ3n) is 2.23. The zero-order valence-electron chi connectivity index (χ0n) is 8.45. The number of aryl methyl sites for hydroxylation is 1. The average molecular weight is 255 g/mol. The predicted molar refractivity (Wildman–Crippen MR) is 63.7 cm³/mol. The monoisotopic (exact) mass is 254 g/mol. The minimum Gasteiger partial charge on any atom is -0.298 e. The third kappa shape index (κ3) is 1.84. The largest absolute Gasteiger partial charge is 0.298 e. The fraction of sp³-hybridized carbons (Fsp3) is 0.0909. The highest BCUT2D eigenvalue weighted by molar-refractivity contribution is 6.33. The SMILES string of the molecule is Cc1nn(-c2cccc(Cl)c2C=O)cc1Cl. The van der Waals surface area contributed by atoms with Gasteiger partial charge in [0.1, 0.15) is 0 Å². The van der Waals surface area contributed by atoms with Gasteiger partial charge < -0.3 is 0 Å². The number of hydrogen-bond acceptors (Lipinski definition) is 2. The Morgan fingerprint density at radius 3 is 2.62 bits per heavy atom. The van der Waals surface area contributed by atoms with E-state index in [0.717, 1.165) is 0 Å². The van der Waals surface area contributed by atoms with Gasteiger partial charge in [0.15, 0.2) is 6.29 Å². The lowest BCUT2D eigenvalue weighted by molar-refractivity contribution is 0.112. The number of nitrogens with zero attached hydrogens (tertiary/aromatic N) is 2. The van der Waals surface area contributed by atoms with Gasteiger partial charge in [-0.3, -0.25) is 4.79 Å². The van der Waals surface area contributed by atoms with Crippen LogP contribution in [0.3, 0.4) is 0 Å². The highest BCUT2D eigenvalue weighted by Gasteiger charge is 2.10. The molecule has 0 radical (unpaired) electrons. The zero-order chi connectivity index (χ0) is 11.7. The molecule has 0 fully saturated rings. The van der Waals surface area contributed by atoms with Crippen molar-refractivity contribution < 1.29 is 4.79 Å². The van der Waals surface area contributed by atoms with Crippen molar-refractivity contribution in [3.05, 3.63) is 45.7 Å². The molecule has 1 heterocycles. The molecule has 0 aliphatic carbocycles. The van der Waals surface area contributed by atoms with E-state index in [-0.39, 0.29) is 0 Å². The number of hydrogen-bond donors (Lipinski definition) is 0. The van der Waals surface area contributed by atoms with Crippen molar-refractivity contribution in [3.63, 3.8) is 0 Å². The Bertz CT molecular complexity index is 529. The Morgan fingerprint density at radius 1 is 1.31 bits per heavy atom. The van der Waals surface area contributed by atoms with E-state index in [2.05, 4.69) is 5.10 Å². The first-order valence-corrected chi connectivity index (χ1v) is 5.35. The van der Waals surface area contributed by atoms with E-state index < -0.39 is 0 Å². The van der Waals surface area contributed by atoms with Crippen LogP contribution in [0.2, 0.25) is 10.0 Å². The number of benzene rings is 1. The number of carbonyl (C=O) groups excluding carboxylic acids is 1. The number of halogens is 2. The molecule has 1 aromatic heterocycles. The molecular formula is C11H8Cl2N2O. The summed E-state index contributed by atoms with van der Waals surface area (Å²) in [5.74, 6) is 0. The van der Waals surface area contributed by atoms with Crippen molar-refractivity contribution in [1.82, 2.24) is 9.78 Å². The van der Waals surface area contributed by atoms with Gasteiger partial charge in [0, 0.05) is 6.20 Å². The van der Waals surface area contributed by atoms with Crippen molar-refractivity contribution >= 4 is 29.5 Å². The summed E-state index contributed by atoms with van der Waals surface area (Å²) in [5.41, 5.74) is 1.74. The minimum atomic E-state index is 0.400. The maximum atomic E-state index is 11.0. The number of aromatic nitrogens is 2. The van der Waals surface area contributed by atoms with E-state index in [1.807, 2.05) is 0 Å². The molecule has 0 atom stereocenters. The Kier molecular flexibility index (Phi) is 2.99. The lowest BCUT2D eigenvalue weighted by Gasteiger charge is -2.05. The summed E-state index contributed by atoms with van der Waals surface area (Å²) < 4.78 is 1.55. The Labute approximate surface area is 103 Å². The van der Waals surface area contributed by atoms with Crippen molar-refractivity contribution in [3.8, 4) is 5.69 Å². The van der Waals surface area contributed by atoms with Gasteiger partial charge in [0.25, 0.3) is 0 Å². The molecule has 0 spiro atoms. The van der Waals surface area contributed by atoms with Crippen LogP contribution in [0.25, 0.3) is 5.69 Å². The van der Waals surface area contributed by atoms with Crippen LogP contribution < -0.4 is 0 Å². The quantitative estimate of drug-likeness (QED) is 0.771. The Hall–Kier alpha value is -1.32. The van der Waals surface area contributed by atoms with Crippen LogP contribution in [0, 0.1) is 6.92 Å². The van der Waals surface area contributed by atoms with Gasteiger partial charge in [-0.05, 0) is 19.1 Å². The highest BCUT2D eigenvalue weighted by Crippen LogP contribution is 2.23. The lowest BCUT2D eigenvalue weighted by atomic mass is 10.2. The topological polar surface area (TPSA) is 34.9 Å². The molecule has 3 nitrogen and oxygen atoms in total. The lowest BCUT2D eigenvalue weighted by Crippen LogP contribution is -2.00. The molecule has 82 valence electrons. The molecule has 0 saturated heterocycles. The fourth-order valence-corrected chi connectivity index (χ4v) is 1.75. The smallest absolute Gasteiger partial charge is 0.153 e. The highest BCUT2D eigenvalue weighted by atomic mass is 35.5. The molecule has 0 unspecified atom stereocenters. The molecular weight excluding hydrogens is 247 g/mol. The van der Waals surface area contributed by atoms with E-state index in [1.165, 1.54) is 0 Å². The van der Waals surface area contributed by atoms with Gasteiger partial charge in [0.05, 0.1) is 27.0 Å². The molecule has 0 aliphatic rings. The summed E-state index contributed by atoms with van der Waals surface area (Å²) in [5, 5.41) is 5.15. The van der Waals surface area contributed by atoms with Crippen LogP contribution in [-0.4, -0.2) is 16.1 Å². The van der Waals surface area contributed by atoms with Gasteiger partial charge in [-0.15, -0.1) is 0 Å². The second-order valence-corrected chi connectivity index (χ2v) is 4.11. The maximum Gasteiger partial charge on any atom is 0.153 e. The van der Waals surface area contributed by atoms with Crippen LogP contribution in [-0.2, 0) is 0 Å².